The second-order valence-electron chi connectivity index (χ2n) is 9.78. The van der Waals surface area contributed by atoms with Crippen LogP contribution in [0.2, 0.25) is 0 Å². The van der Waals surface area contributed by atoms with Crippen molar-refractivity contribution in [2.75, 3.05) is 33.0 Å². The molecular formula is C25H51NO4. The van der Waals surface area contributed by atoms with Gasteiger partial charge in [-0.15, -0.1) is 0 Å². The van der Waals surface area contributed by atoms with E-state index in [9.17, 15) is 9.59 Å². The van der Waals surface area contributed by atoms with Gasteiger partial charge in [0, 0.05) is 45.6 Å². The average Bonchev–Trinajstić information content (AvgIpc) is 2.62. The molecular weight excluding hydrogens is 378 g/mol. The van der Waals surface area contributed by atoms with Gasteiger partial charge in [-0.25, -0.2) is 0 Å². The van der Waals surface area contributed by atoms with Gasteiger partial charge in [0.15, 0.2) is 0 Å². The first-order valence-electron chi connectivity index (χ1n) is 12.0. The van der Waals surface area contributed by atoms with Gasteiger partial charge in [-0.3, -0.25) is 9.59 Å². The summed E-state index contributed by atoms with van der Waals surface area (Å²) in [5, 5.41) is 2.86. The molecule has 0 fully saturated rings. The summed E-state index contributed by atoms with van der Waals surface area (Å²) in [5.41, 5.74) is 0. The Morgan fingerprint density at radius 2 is 1.20 bits per heavy atom. The molecule has 0 spiro atoms. The van der Waals surface area contributed by atoms with Crippen molar-refractivity contribution in [2.45, 2.75) is 93.9 Å². The Hall–Kier alpha value is -0.940. The molecule has 0 aliphatic rings. The lowest BCUT2D eigenvalue weighted by atomic mass is 10.0. The molecule has 1 amide bonds. The van der Waals surface area contributed by atoms with Crippen LogP contribution in [0.25, 0.3) is 0 Å². The lowest BCUT2D eigenvalue weighted by Gasteiger charge is -2.08. The number of nitrogens with one attached hydrogen (secondary N) is 1. The van der Waals surface area contributed by atoms with Crippen LogP contribution >= 0.6 is 0 Å². The predicted molar refractivity (Wildman–Crippen MR) is 127 cm³/mol. The predicted octanol–water partition coefficient (Wildman–Crippen LogP) is 5.66. The number of carbonyl (C=O) groups excluding carboxylic acids is 2. The third kappa shape index (κ3) is 29.3. The first kappa shape index (κ1) is 31.2. The fourth-order valence-corrected chi connectivity index (χ4v) is 2.34. The standard InChI is InChI=1S/C13H26O2.C12H25NO2/c1-11(2)7-9-15-8-5-6-13(14)10-12(3)4;1-10(2)5-7-15-8-6-12(14)13-9-11(3)4/h11-12H,5-10H2,1-4H3;10-11H,5-9H2,1-4H3,(H,13,14). The van der Waals surface area contributed by atoms with Gasteiger partial charge in [0.25, 0.3) is 0 Å². The van der Waals surface area contributed by atoms with Crippen LogP contribution in [-0.4, -0.2) is 44.7 Å². The SMILES string of the molecule is CC(C)CCOCCC(=O)NCC(C)C.CC(C)CCOCCCC(=O)CC(C)C. The minimum atomic E-state index is 0.0910. The minimum Gasteiger partial charge on any atom is -0.381 e. The van der Waals surface area contributed by atoms with E-state index in [4.69, 9.17) is 9.47 Å². The molecule has 5 nitrogen and oxygen atoms in total. The maximum atomic E-state index is 11.3. The fourth-order valence-electron chi connectivity index (χ4n) is 2.34. The zero-order chi connectivity index (χ0) is 23.4. The number of amides is 1. The first-order valence-corrected chi connectivity index (χ1v) is 12.0. The molecule has 0 aliphatic carbocycles. The number of hydrogen-bond acceptors (Lipinski definition) is 4. The average molecular weight is 430 g/mol. The Morgan fingerprint density at radius 1 is 0.667 bits per heavy atom. The van der Waals surface area contributed by atoms with Crippen LogP contribution < -0.4 is 5.32 Å². The van der Waals surface area contributed by atoms with Crippen molar-refractivity contribution < 1.29 is 19.1 Å². The highest BCUT2D eigenvalue weighted by Crippen LogP contribution is 2.05. The van der Waals surface area contributed by atoms with E-state index in [1.54, 1.807) is 0 Å². The van der Waals surface area contributed by atoms with Crippen LogP contribution in [-0.2, 0) is 19.1 Å². The molecule has 0 aliphatic heterocycles. The summed E-state index contributed by atoms with van der Waals surface area (Å²) in [6.45, 7) is 20.7. The van der Waals surface area contributed by atoms with Gasteiger partial charge in [-0.1, -0.05) is 55.4 Å². The zero-order valence-electron chi connectivity index (χ0n) is 21.2. The largest absolute Gasteiger partial charge is 0.381 e. The number of Topliss-reactive ketones (excluding diaryl/α,β-unsaturated/α-hetero) is 1. The van der Waals surface area contributed by atoms with Crippen molar-refractivity contribution in [3.8, 4) is 0 Å². The third-order valence-electron chi connectivity index (χ3n) is 4.24. The molecule has 0 aromatic rings. The Morgan fingerprint density at radius 3 is 1.67 bits per heavy atom. The summed E-state index contributed by atoms with van der Waals surface area (Å²) in [6.07, 6.45) is 4.92. The molecule has 0 atom stereocenters. The maximum Gasteiger partial charge on any atom is 0.222 e. The van der Waals surface area contributed by atoms with E-state index in [2.05, 4.69) is 60.7 Å². The summed E-state index contributed by atoms with van der Waals surface area (Å²) >= 11 is 0. The maximum absolute atomic E-state index is 11.3. The van der Waals surface area contributed by atoms with Crippen molar-refractivity contribution >= 4 is 11.7 Å². The van der Waals surface area contributed by atoms with Crippen molar-refractivity contribution in [1.82, 2.24) is 5.32 Å². The molecule has 0 rings (SSSR count). The second-order valence-corrected chi connectivity index (χ2v) is 9.78. The molecule has 30 heavy (non-hydrogen) atoms. The van der Waals surface area contributed by atoms with E-state index in [0.717, 1.165) is 45.6 Å². The molecule has 0 heterocycles. The summed E-state index contributed by atoms with van der Waals surface area (Å²) in [4.78, 5) is 22.6. The molecule has 0 aromatic carbocycles. The molecule has 5 heteroatoms. The highest BCUT2D eigenvalue weighted by molar-refractivity contribution is 5.78. The number of ketones is 1. The molecule has 180 valence electrons. The molecule has 0 saturated carbocycles. The molecule has 1 N–H and O–H groups in total. The van der Waals surface area contributed by atoms with Crippen LogP contribution in [0, 0.1) is 23.7 Å². The smallest absolute Gasteiger partial charge is 0.222 e. The highest BCUT2D eigenvalue weighted by atomic mass is 16.5. The molecule has 0 saturated heterocycles. The second kappa shape index (κ2) is 21.3. The van der Waals surface area contributed by atoms with Crippen LogP contribution in [0.4, 0.5) is 0 Å². The number of hydrogen-bond donors (Lipinski definition) is 1. The van der Waals surface area contributed by atoms with Crippen molar-refractivity contribution in [1.29, 1.82) is 0 Å². The molecule has 0 radical (unpaired) electrons. The Labute approximate surface area is 187 Å². The Kier molecular flexibility index (Phi) is 22.2. The van der Waals surface area contributed by atoms with Crippen LogP contribution in [0.15, 0.2) is 0 Å². The minimum absolute atomic E-state index is 0.0910. The van der Waals surface area contributed by atoms with Gasteiger partial charge < -0.3 is 14.8 Å². The van der Waals surface area contributed by atoms with E-state index < -0.39 is 0 Å². The van der Waals surface area contributed by atoms with Gasteiger partial charge in [0.1, 0.15) is 5.78 Å². The van der Waals surface area contributed by atoms with Gasteiger partial charge in [0.05, 0.1) is 6.61 Å². The molecule has 0 bridgehead atoms. The summed E-state index contributed by atoms with van der Waals surface area (Å²) in [6, 6.07) is 0. The first-order chi connectivity index (χ1) is 14.0. The normalized spacial score (nSPS) is 11.2. The quantitative estimate of drug-likeness (QED) is 0.303. The van der Waals surface area contributed by atoms with E-state index in [0.29, 0.717) is 55.3 Å². The monoisotopic (exact) mass is 429 g/mol. The Balaban J connectivity index is 0. The van der Waals surface area contributed by atoms with Crippen molar-refractivity contribution in [2.24, 2.45) is 23.7 Å². The van der Waals surface area contributed by atoms with Gasteiger partial charge in [0.2, 0.25) is 5.91 Å². The highest BCUT2D eigenvalue weighted by Gasteiger charge is 2.04. The van der Waals surface area contributed by atoms with Crippen molar-refractivity contribution in [3.05, 3.63) is 0 Å². The van der Waals surface area contributed by atoms with Crippen LogP contribution in [0.3, 0.4) is 0 Å². The summed E-state index contributed by atoms with van der Waals surface area (Å²) in [5.74, 6) is 2.83. The fraction of sp³-hybridized carbons (Fsp3) is 0.920. The van der Waals surface area contributed by atoms with Crippen LogP contribution in [0.1, 0.15) is 93.9 Å². The molecule has 0 aromatic heterocycles. The van der Waals surface area contributed by atoms with E-state index in [1.165, 1.54) is 0 Å². The number of ether oxygens (including phenoxy) is 2. The van der Waals surface area contributed by atoms with E-state index >= 15 is 0 Å². The number of rotatable bonds is 17. The topological polar surface area (TPSA) is 64.6 Å². The summed E-state index contributed by atoms with van der Waals surface area (Å²) < 4.78 is 10.8. The van der Waals surface area contributed by atoms with Crippen molar-refractivity contribution in [3.63, 3.8) is 0 Å². The van der Waals surface area contributed by atoms with Gasteiger partial charge >= 0.3 is 0 Å². The number of carbonyl (C=O) groups is 2. The van der Waals surface area contributed by atoms with Gasteiger partial charge in [-0.05, 0) is 42.9 Å². The zero-order valence-corrected chi connectivity index (χ0v) is 21.2. The van der Waals surface area contributed by atoms with E-state index in [1.807, 2.05) is 0 Å². The molecule has 0 unspecified atom stereocenters. The Bertz CT molecular complexity index is 406. The lowest BCUT2D eigenvalue weighted by molar-refractivity contribution is -0.122. The van der Waals surface area contributed by atoms with Crippen LogP contribution in [0.5, 0.6) is 0 Å². The summed E-state index contributed by atoms with van der Waals surface area (Å²) in [7, 11) is 0. The van der Waals surface area contributed by atoms with Gasteiger partial charge in [-0.2, -0.15) is 0 Å². The third-order valence-corrected chi connectivity index (χ3v) is 4.24. The lowest BCUT2D eigenvalue weighted by Crippen LogP contribution is -2.28. The van der Waals surface area contributed by atoms with E-state index in [-0.39, 0.29) is 5.91 Å².